The third-order valence-corrected chi connectivity index (χ3v) is 4.20. The second kappa shape index (κ2) is 5.91. The maximum atomic E-state index is 13.8. The van der Waals surface area contributed by atoms with Crippen molar-refractivity contribution in [1.82, 2.24) is 10.3 Å². The standard InChI is InChI=1S/C13H14BrFN2S/c1-8(11-4-3-10(14)7-12(11)15)17-9(2)13-16-5-6-18-13/h3-9,17H,1-2H3. The van der Waals surface area contributed by atoms with Crippen molar-refractivity contribution in [2.75, 3.05) is 0 Å². The van der Waals surface area contributed by atoms with E-state index in [1.807, 2.05) is 25.3 Å². The van der Waals surface area contributed by atoms with Gasteiger partial charge in [0.05, 0.1) is 6.04 Å². The molecule has 2 rings (SSSR count). The highest BCUT2D eigenvalue weighted by Crippen LogP contribution is 2.24. The van der Waals surface area contributed by atoms with Gasteiger partial charge in [0.1, 0.15) is 10.8 Å². The van der Waals surface area contributed by atoms with Gasteiger partial charge in [-0.25, -0.2) is 9.37 Å². The Morgan fingerprint density at radius 3 is 2.72 bits per heavy atom. The van der Waals surface area contributed by atoms with Gasteiger partial charge in [0.15, 0.2) is 0 Å². The summed E-state index contributed by atoms with van der Waals surface area (Å²) >= 11 is 4.86. The summed E-state index contributed by atoms with van der Waals surface area (Å²) in [5.74, 6) is -0.198. The molecule has 0 spiro atoms. The number of nitrogens with zero attached hydrogens (tertiary/aromatic N) is 1. The summed E-state index contributed by atoms with van der Waals surface area (Å²) in [6, 6.07) is 5.19. The monoisotopic (exact) mass is 328 g/mol. The summed E-state index contributed by atoms with van der Waals surface area (Å²) in [5.41, 5.74) is 0.668. The van der Waals surface area contributed by atoms with Gasteiger partial charge in [-0.05, 0) is 26.0 Å². The van der Waals surface area contributed by atoms with Gasteiger partial charge in [0.25, 0.3) is 0 Å². The van der Waals surface area contributed by atoms with Crippen LogP contribution in [0.3, 0.4) is 0 Å². The number of thiazole rings is 1. The normalized spacial score (nSPS) is 14.4. The first-order chi connectivity index (χ1) is 8.58. The molecule has 0 aliphatic rings. The van der Waals surface area contributed by atoms with Crippen molar-refractivity contribution in [2.24, 2.45) is 0 Å². The molecule has 96 valence electrons. The van der Waals surface area contributed by atoms with Crippen molar-refractivity contribution >= 4 is 27.3 Å². The maximum Gasteiger partial charge on any atom is 0.129 e. The van der Waals surface area contributed by atoms with Crippen LogP contribution in [0.2, 0.25) is 0 Å². The molecule has 1 N–H and O–H groups in total. The maximum absolute atomic E-state index is 13.8. The van der Waals surface area contributed by atoms with Gasteiger partial charge < -0.3 is 5.32 Å². The van der Waals surface area contributed by atoms with Crippen molar-refractivity contribution < 1.29 is 4.39 Å². The third-order valence-electron chi connectivity index (χ3n) is 2.75. The minimum absolute atomic E-state index is 0.0583. The van der Waals surface area contributed by atoms with Crippen molar-refractivity contribution in [3.05, 3.63) is 50.6 Å². The number of nitrogens with one attached hydrogen (secondary N) is 1. The summed E-state index contributed by atoms with van der Waals surface area (Å²) in [5, 5.41) is 6.31. The lowest BCUT2D eigenvalue weighted by Gasteiger charge is -2.19. The molecule has 0 saturated heterocycles. The van der Waals surface area contributed by atoms with Crippen molar-refractivity contribution in [3.63, 3.8) is 0 Å². The summed E-state index contributed by atoms with van der Waals surface area (Å²) in [4.78, 5) is 4.25. The zero-order chi connectivity index (χ0) is 13.1. The lowest BCUT2D eigenvalue weighted by Crippen LogP contribution is -2.23. The van der Waals surface area contributed by atoms with Crippen molar-refractivity contribution in [1.29, 1.82) is 0 Å². The van der Waals surface area contributed by atoms with Crippen LogP contribution in [0.15, 0.2) is 34.2 Å². The Morgan fingerprint density at radius 1 is 1.33 bits per heavy atom. The average Bonchev–Trinajstić information content (AvgIpc) is 2.81. The Balaban J connectivity index is 2.10. The number of rotatable bonds is 4. The van der Waals surface area contributed by atoms with E-state index < -0.39 is 0 Å². The molecule has 1 heterocycles. The molecule has 5 heteroatoms. The van der Waals surface area contributed by atoms with Crippen LogP contribution in [-0.4, -0.2) is 4.98 Å². The van der Waals surface area contributed by atoms with E-state index in [9.17, 15) is 4.39 Å². The smallest absolute Gasteiger partial charge is 0.129 e. The first kappa shape index (κ1) is 13.6. The first-order valence-electron chi connectivity index (χ1n) is 5.68. The summed E-state index contributed by atoms with van der Waals surface area (Å²) in [7, 11) is 0. The minimum atomic E-state index is -0.198. The quantitative estimate of drug-likeness (QED) is 0.896. The average molecular weight is 329 g/mol. The summed E-state index contributed by atoms with van der Waals surface area (Å²) in [6.07, 6.45) is 1.78. The second-order valence-corrected chi connectivity index (χ2v) is 5.99. The first-order valence-corrected chi connectivity index (χ1v) is 7.35. The fourth-order valence-corrected chi connectivity index (χ4v) is 2.83. The van der Waals surface area contributed by atoms with E-state index in [2.05, 4.69) is 26.2 Å². The Bertz CT molecular complexity index is 516. The van der Waals surface area contributed by atoms with E-state index >= 15 is 0 Å². The van der Waals surface area contributed by atoms with E-state index in [-0.39, 0.29) is 17.9 Å². The van der Waals surface area contributed by atoms with E-state index in [1.165, 1.54) is 6.07 Å². The number of hydrogen-bond donors (Lipinski definition) is 1. The molecule has 0 saturated carbocycles. The Hall–Kier alpha value is -0.780. The molecule has 2 atom stereocenters. The molecule has 18 heavy (non-hydrogen) atoms. The van der Waals surface area contributed by atoms with Gasteiger partial charge in [0.2, 0.25) is 0 Å². The Labute approximate surface area is 118 Å². The molecule has 0 aliphatic carbocycles. The molecule has 0 bridgehead atoms. The Morgan fingerprint density at radius 2 is 2.11 bits per heavy atom. The number of halogens is 2. The van der Waals surface area contributed by atoms with E-state index in [0.29, 0.717) is 5.56 Å². The Kier molecular flexibility index (Phi) is 4.48. The zero-order valence-electron chi connectivity index (χ0n) is 10.2. The fourth-order valence-electron chi connectivity index (χ4n) is 1.84. The topological polar surface area (TPSA) is 24.9 Å². The molecule has 0 radical (unpaired) electrons. The number of hydrogen-bond acceptors (Lipinski definition) is 3. The molecular weight excluding hydrogens is 315 g/mol. The lowest BCUT2D eigenvalue weighted by molar-refractivity contribution is 0.472. The SMILES string of the molecule is CC(NC(C)c1ccc(Br)cc1F)c1nccs1. The minimum Gasteiger partial charge on any atom is -0.301 e. The third kappa shape index (κ3) is 3.16. The highest BCUT2D eigenvalue weighted by atomic mass is 79.9. The summed E-state index contributed by atoms with van der Waals surface area (Å²) < 4.78 is 14.6. The van der Waals surface area contributed by atoms with Gasteiger partial charge in [-0.2, -0.15) is 0 Å². The van der Waals surface area contributed by atoms with Gasteiger partial charge in [-0.3, -0.25) is 0 Å². The number of aromatic nitrogens is 1. The van der Waals surface area contributed by atoms with Crippen molar-refractivity contribution in [3.8, 4) is 0 Å². The van der Waals surface area contributed by atoms with Crippen LogP contribution in [0.5, 0.6) is 0 Å². The predicted molar refractivity (Wildman–Crippen MR) is 76.2 cm³/mol. The molecule has 2 aromatic rings. The highest BCUT2D eigenvalue weighted by molar-refractivity contribution is 9.10. The zero-order valence-corrected chi connectivity index (χ0v) is 12.6. The van der Waals surface area contributed by atoms with Crippen LogP contribution in [0, 0.1) is 5.82 Å². The van der Waals surface area contributed by atoms with Crippen LogP contribution in [0.4, 0.5) is 4.39 Å². The van der Waals surface area contributed by atoms with E-state index in [4.69, 9.17) is 0 Å². The van der Waals surface area contributed by atoms with Gasteiger partial charge in [-0.1, -0.05) is 22.0 Å². The van der Waals surface area contributed by atoms with Crippen LogP contribution >= 0.6 is 27.3 Å². The molecule has 1 aromatic carbocycles. The molecule has 2 nitrogen and oxygen atoms in total. The highest BCUT2D eigenvalue weighted by Gasteiger charge is 2.15. The molecule has 1 aromatic heterocycles. The number of benzene rings is 1. The van der Waals surface area contributed by atoms with Crippen LogP contribution in [0.1, 0.15) is 36.5 Å². The van der Waals surface area contributed by atoms with E-state index in [0.717, 1.165) is 9.48 Å². The summed E-state index contributed by atoms with van der Waals surface area (Å²) in [6.45, 7) is 3.99. The molecule has 0 fully saturated rings. The van der Waals surface area contributed by atoms with Gasteiger partial charge in [-0.15, -0.1) is 11.3 Å². The molecule has 0 amide bonds. The van der Waals surface area contributed by atoms with Crippen LogP contribution < -0.4 is 5.32 Å². The molecule has 0 aliphatic heterocycles. The molecule has 2 unspecified atom stereocenters. The van der Waals surface area contributed by atoms with Gasteiger partial charge in [0, 0.05) is 27.7 Å². The lowest BCUT2D eigenvalue weighted by atomic mass is 10.1. The largest absolute Gasteiger partial charge is 0.301 e. The molecular formula is C13H14BrFN2S. The fraction of sp³-hybridized carbons (Fsp3) is 0.308. The van der Waals surface area contributed by atoms with Crippen LogP contribution in [-0.2, 0) is 0 Å². The van der Waals surface area contributed by atoms with Crippen molar-refractivity contribution in [2.45, 2.75) is 25.9 Å². The second-order valence-electron chi connectivity index (χ2n) is 4.15. The van der Waals surface area contributed by atoms with Crippen LogP contribution in [0.25, 0.3) is 0 Å². The van der Waals surface area contributed by atoms with E-state index in [1.54, 1.807) is 23.6 Å². The predicted octanol–water partition coefficient (Wildman–Crippen LogP) is 4.46. The van der Waals surface area contributed by atoms with Gasteiger partial charge >= 0.3 is 0 Å².